The number of carbonyl (C=O) groups excluding carboxylic acids is 1. The van der Waals surface area contributed by atoms with E-state index in [0.717, 1.165) is 19.3 Å². The molecule has 5 nitrogen and oxygen atoms in total. The first-order valence-corrected chi connectivity index (χ1v) is 8.69. The van der Waals surface area contributed by atoms with E-state index in [4.69, 9.17) is 0 Å². The van der Waals surface area contributed by atoms with Crippen LogP contribution in [0.15, 0.2) is 0 Å². The molecule has 0 N–H and O–H groups in total. The minimum Gasteiger partial charge on any atom is -0.748 e. The predicted octanol–water partition coefficient (Wildman–Crippen LogP) is -0.865. The molecule has 0 saturated heterocycles. The fraction of sp³-hybridized carbons (Fsp3) is 0.923. The molecule has 0 aromatic heterocycles. The second kappa shape index (κ2) is 13.1. The van der Waals surface area contributed by atoms with E-state index >= 15 is 0 Å². The zero-order valence-corrected chi connectivity index (χ0v) is 15.9. The molecule has 0 bridgehead atoms. The number of rotatable bonds is 11. The Morgan fingerprint density at radius 3 is 2.10 bits per heavy atom. The normalized spacial score (nSPS) is 10.9. The Kier molecular flexibility index (Phi) is 14.8. The van der Waals surface area contributed by atoms with Crippen LogP contribution in [-0.4, -0.2) is 42.6 Å². The molecule has 1 amide bonds. The van der Waals surface area contributed by atoms with Gasteiger partial charge >= 0.3 is 29.6 Å². The summed E-state index contributed by atoms with van der Waals surface area (Å²) in [6.07, 6.45) is 7.09. The van der Waals surface area contributed by atoms with Crippen molar-refractivity contribution in [3.8, 4) is 0 Å². The summed E-state index contributed by atoms with van der Waals surface area (Å²) >= 11 is 0. The third-order valence-corrected chi connectivity index (χ3v) is 3.77. The Bertz CT molecular complexity index is 346. The topological polar surface area (TPSA) is 77.5 Å². The fourth-order valence-electron chi connectivity index (χ4n) is 1.90. The first-order valence-electron chi connectivity index (χ1n) is 7.12. The average molecular weight is 315 g/mol. The predicted molar refractivity (Wildman–Crippen MR) is 74.8 cm³/mol. The maximum absolute atomic E-state index is 11.8. The summed E-state index contributed by atoms with van der Waals surface area (Å²) in [6, 6.07) is 0. The Hall–Kier alpha value is 0.380. The Morgan fingerprint density at radius 1 is 1.05 bits per heavy atom. The molecule has 0 aliphatic heterocycles. The van der Waals surface area contributed by atoms with E-state index in [0.29, 0.717) is 13.0 Å². The van der Waals surface area contributed by atoms with Gasteiger partial charge in [-0.3, -0.25) is 4.79 Å². The van der Waals surface area contributed by atoms with Crippen molar-refractivity contribution in [1.29, 1.82) is 0 Å². The molecule has 20 heavy (non-hydrogen) atoms. The van der Waals surface area contributed by atoms with Gasteiger partial charge in [0.25, 0.3) is 0 Å². The Balaban J connectivity index is 0. The van der Waals surface area contributed by atoms with E-state index in [1.54, 1.807) is 6.92 Å². The molecule has 0 aliphatic rings. The second-order valence-electron chi connectivity index (χ2n) is 4.75. The smallest absolute Gasteiger partial charge is 0.748 e. The van der Waals surface area contributed by atoms with Gasteiger partial charge in [0, 0.05) is 19.5 Å². The van der Waals surface area contributed by atoms with Crippen molar-refractivity contribution in [2.75, 3.05) is 18.8 Å². The molecule has 7 heteroatoms. The minimum absolute atomic E-state index is 0. The van der Waals surface area contributed by atoms with Crippen LogP contribution in [0.5, 0.6) is 0 Å². The molecule has 0 spiro atoms. The quantitative estimate of drug-likeness (QED) is 0.282. The molecule has 114 valence electrons. The molecule has 0 fully saturated rings. The third kappa shape index (κ3) is 13.4. The first-order chi connectivity index (χ1) is 8.90. The number of nitrogens with zero attached hydrogens (tertiary/aromatic N) is 1. The molecule has 0 aromatic carbocycles. The van der Waals surface area contributed by atoms with Crippen LogP contribution in [-0.2, 0) is 14.9 Å². The van der Waals surface area contributed by atoms with Gasteiger partial charge in [0.2, 0.25) is 5.91 Å². The summed E-state index contributed by atoms with van der Waals surface area (Å²) in [4.78, 5) is 13.3. The molecule has 0 radical (unpaired) electrons. The molecule has 0 atom stereocenters. The summed E-state index contributed by atoms with van der Waals surface area (Å²) < 4.78 is 31.6. The van der Waals surface area contributed by atoms with Gasteiger partial charge in [0.15, 0.2) is 0 Å². The summed E-state index contributed by atoms with van der Waals surface area (Å²) in [5.74, 6) is -0.551. The van der Waals surface area contributed by atoms with Gasteiger partial charge in [0.1, 0.15) is 0 Å². The summed E-state index contributed by atoms with van der Waals surface area (Å²) in [7, 11) is -4.24. The van der Waals surface area contributed by atoms with Crippen molar-refractivity contribution in [2.24, 2.45) is 0 Å². The van der Waals surface area contributed by atoms with Crippen molar-refractivity contribution < 1.29 is 47.3 Å². The summed E-state index contributed by atoms with van der Waals surface area (Å²) in [5.41, 5.74) is 0. The van der Waals surface area contributed by atoms with Gasteiger partial charge in [0.05, 0.1) is 15.9 Å². The molecule has 0 saturated carbocycles. The molecule has 0 aliphatic carbocycles. The van der Waals surface area contributed by atoms with Crippen LogP contribution in [0.2, 0.25) is 0 Å². The van der Waals surface area contributed by atoms with Crippen molar-refractivity contribution in [3.63, 3.8) is 0 Å². The number of hydrogen-bond acceptors (Lipinski definition) is 4. The van der Waals surface area contributed by atoms with Gasteiger partial charge in [-0.2, -0.15) is 0 Å². The van der Waals surface area contributed by atoms with Gasteiger partial charge in [-0.15, -0.1) is 0 Å². The molecule has 0 rings (SSSR count). The van der Waals surface area contributed by atoms with Crippen LogP contribution in [0.25, 0.3) is 0 Å². The molecular formula is C13H26NNaO4S. The van der Waals surface area contributed by atoms with Crippen molar-refractivity contribution >= 4 is 16.0 Å². The van der Waals surface area contributed by atoms with E-state index < -0.39 is 15.9 Å². The van der Waals surface area contributed by atoms with Crippen molar-refractivity contribution in [3.05, 3.63) is 0 Å². The van der Waals surface area contributed by atoms with Crippen LogP contribution in [0.4, 0.5) is 0 Å². The van der Waals surface area contributed by atoms with Crippen LogP contribution in [0, 0.1) is 0 Å². The fourth-order valence-corrected chi connectivity index (χ4v) is 2.34. The zero-order valence-electron chi connectivity index (χ0n) is 13.1. The minimum atomic E-state index is -4.24. The Labute approximate surface area is 145 Å². The maximum atomic E-state index is 11.8. The number of hydrogen-bond donors (Lipinski definition) is 0. The van der Waals surface area contributed by atoms with Crippen LogP contribution in [0.1, 0.15) is 58.8 Å². The monoisotopic (exact) mass is 315 g/mol. The second-order valence-corrected chi connectivity index (χ2v) is 6.28. The van der Waals surface area contributed by atoms with Gasteiger partial charge in [-0.1, -0.05) is 39.0 Å². The SMILES string of the molecule is CCCCCCCCC(=O)N(CC)CCS(=O)(=O)[O-].[Na+]. The van der Waals surface area contributed by atoms with E-state index in [9.17, 15) is 17.8 Å². The van der Waals surface area contributed by atoms with Crippen LogP contribution in [0.3, 0.4) is 0 Å². The van der Waals surface area contributed by atoms with Crippen LogP contribution < -0.4 is 29.6 Å². The summed E-state index contributed by atoms with van der Waals surface area (Å²) in [6.45, 7) is 4.41. The molecular weight excluding hydrogens is 289 g/mol. The van der Waals surface area contributed by atoms with Crippen molar-refractivity contribution in [2.45, 2.75) is 58.8 Å². The van der Waals surface area contributed by atoms with E-state index in [1.807, 2.05) is 0 Å². The Morgan fingerprint density at radius 2 is 1.60 bits per heavy atom. The number of carbonyl (C=O) groups is 1. The standard InChI is InChI=1S/C13H27NO4S.Na/c1-3-5-6-7-8-9-10-13(15)14(4-2)11-12-19(16,17)18;/h3-12H2,1-2H3,(H,16,17,18);/q;+1/p-1. The van der Waals surface area contributed by atoms with E-state index in [1.165, 1.54) is 24.2 Å². The maximum Gasteiger partial charge on any atom is 1.00 e. The third-order valence-electron chi connectivity index (χ3n) is 3.09. The zero-order chi connectivity index (χ0) is 14.7. The molecule has 0 aromatic rings. The van der Waals surface area contributed by atoms with E-state index in [2.05, 4.69) is 6.92 Å². The number of amides is 1. The van der Waals surface area contributed by atoms with Gasteiger partial charge in [-0.25, -0.2) is 8.42 Å². The summed E-state index contributed by atoms with van der Waals surface area (Å²) in [5, 5.41) is 0. The van der Waals surface area contributed by atoms with Crippen molar-refractivity contribution in [1.82, 2.24) is 4.90 Å². The largest absolute Gasteiger partial charge is 1.00 e. The number of unbranched alkanes of at least 4 members (excludes halogenated alkanes) is 5. The molecule has 0 unspecified atom stereocenters. The molecule has 0 heterocycles. The van der Waals surface area contributed by atoms with Crippen LogP contribution >= 0.6 is 0 Å². The van der Waals surface area contributed by atoms with Gasteiger partial charge in [-0.05, 0) is 13.3 Å². The van der Waals surface area contributed by atoms with E-state index in [-0.39, 0.29) is 42.0 Å². The first kappa shape index (κ1) is 22.7. The van der Waals surface area contributed by atoms with Gasteiger partial charge < -0.3 is 9.45 Å². The average Bonchev–Trinajstić information content (AvgIpc) is 2.33.